The van der Waals surface area contributed by atoms with Crippen LogP contribution in [0.1, 0.15) is 12.0 Å². The quantitative estimate of drug-likeness (QED) is 0.818. The average molecular weight is 349 g/mol. The predicted molar refractivity (Wildman–Crippen MR) is 90.2 cm³/mol. The molecular formula is C18H24FN3O3. The monoisotopic (exact) mass is 349 g/mol. The number of benzene rings is 1. The van der Waals surface area contributed by atoms with Crippen molar-refractivity contribution in [2.75, 3.05) is 45.9 Å². The summed E-state index contributed by atoms with van der Waals surface area (Å²) in [6.45, 7) is 5.25. The Morgan fingerprint density at radius 3 is 2.76 bits per heavy atom. The van der Waals surface area contributed by atoms with Crippen LogP contribution in [0.2, 0.25) is 0 Å². The lowest BCUT2D eigenvalue weighted by molar-refractivity contribution is -0.129. The molecule has 2 heterocycles. The van der Waals surface area contributed by atoms with Gasteiger partial charge >= 0.3 is 0 Å². The van der Waals surface area contributed by atoms with Gasteiger partial charge in [-0.25, -0.2) is 4.39 Å². The second kappa shape index (κ2) is 8.40. The van der Waals surface area contributed by atoms with Gasteiger partial charge < -0.3 is 15.0 Å². The topological polar surface area (TPSA) is 61.9 Å². The molecule has 2 fully saturated rings. The maximum atomic E-state index is 13.6. The number of amides is 2. The largest absolute Gasteiger partial charge is 0.379 e. The number of morpholine rings is 1. The van der Waals surface area contributed by atoms with Crippen LogP contribution in [0, 0.1) is 11.7 Å². The first kappa shape index (κ1) is 17.8. The zero-order chi connectivity index (χ0) is 17.6. The van der Waals surface area contributed by atoms with Gasteiger partial charge in [0.15, 0.2) is 0 Å². The van der Waals surface area contributed by atoms with Crippen molar-refractivity contribution in [3.63, 3.8) is 0 Å². The van der Waals surface area contributed by atoms with E-state index in [0.717, 1.165) is 32.8 Å². The van der Waals surface area contributed by atoms with Crippen LogP contribution in [0.5, 0.6) is 0 Å². The summed E-state index contributed by atoms with van der Waals surface area (Å²) in [5, 5.41) is 2.74. The fourth-order valence-corrected chi connectivity index (χ4v) is 3.22. The van der Waals surface area contributed by atoms with Crippen LogP contribution < -0.4 is 5.32 Å². The van der Waals surface area contributed by atoms with Crippen molar-refractivity contribution in [3.8, 4) is 0 Å². The van der Waals surface area contributed by atoms with Crippen LogP contribution in [-0.4, -0.2) is 67.6 Å². The molecular weight excluding hydrogens is 325 g/mol. The molecule has 0 aromatic heterocycles. The molecule has 0 bridgehead atoms. The molecule has 2 amide bonds. The highest BCUT2D eigenvalue weighted by molar-refractivity contribution is 5.89. The van der Waals surface area contributed by atoms with Crippen LogP contribution in [0.25, 0.3) is 0 Å². The molecule has 2 aliphatic heterocycles. The predicted octanol–water partition coefficient (Wildman–Crippen LogP) is 0.623. The summed E-state index contributed by atoms with van der Waals surface area (Å²) < 4.78 is 18.9. The number of nitrogens with zero attached hydrogens (tertiary/aromatic N) is 2. The molecule has 7 heteroatoms. The van der Waals surface area contributed by atoms with E-state index in [1.165, 1.54) is 6.07 Å². The van der Waals surface area contributed by atoms with E-state index in [-0.39, 0.29) is 36.5 Å². The van der Waals surface area contributed by atoms with E-state index in [2.05, 4.69) is 10.2 Å². The highest BCUT2D eigenvalue weighted by Crippen LogP contribution is 2.18. The van der Waals surface area contributed by atoms with E-state index in [9.17, 15) is 14.0 Å². The first-order valence-electron chi connectivity index (χ1n) is 8.72. The Bertz CT molecular complexity index is 619. The maximum Gasteiger partial charge on any atom is 0.225 e. The fraction of sp³-hybridized carbons (Fsp3) is 0.556. The zero-order valence-corrected chi connectivity index (χ0v) is 14.2. The molecule has 0 radical (unpaired) electrons. The maximum absolute atomic E-state index is 13.6. The van der Waals surface area contributed by atoms with Gasteiger partial charge in [0.05, 0.1) is 19.1 Å². The summed E-state index contributed by atoms with van der Waals surface area (Å²) in [5.74, 6) is -0.869. The van der Waals surface area contributed by atoms with Crippen LogP contribution >= 0.6 is 0 Å². The summed E-state index contributed by atoms with van der Waals surface area (Å²) in [7, 11) is 0. The lowest BCUT2D eigenvalue weighted by Gasteiger charge is -2.28. The van der Waals surface area contributed by atoms with E-state index in [0.29, 0.717) is 18.7 Å². The number of hydrogen-bond donors (Lipinski definition) is 1. The van der Waals surface area contributed by atoms with E-state index in [1.54, 1.807) is 23.1 Å². The SMILES string of the molecule is O=C(NCc1ccccc1F)C1CC(=O)N(CCN2CCOCC2)C1. The van der Waals surface area contributed by atoms with E-state index in [4.69, 9.17) is 4.74 Å². The Labute approximate surface area is 146 Å². The van der Waals surface area contributed by atoms with E-state index >= 15 is 0 Å². The minimum atomic E-state index is -0.357. The highest BCUT2D eigenvalue weighted by Gasteiger charge is 2.34. The number of rotatable bonds is 6. The number of likely N-dealkylation sites (tertiary alicyclic amines) is 1. The van der Waals surface area contributed by atoms with Crippen molar-refractivity contribution in [3.05, 3.63) is 35.6 Å². The van der Waals surface area contributed by atoms with Crippen molar-refractivity contribution in [1.29, 1.82) is 0 Å². The first-order chi connectivity index (χ1) is 12.1. The molecule has 0 saturated carbocycles. The van der Waals surface area contributed by atoms with Crippen molar-refractivity contribution < 1.29 is 18.7 Å². The van der Waals surface area contributed by atoms with Gasteiger partial charge in [0.25, 0.3) is 0 Å². The van der Waals surface area contributed by atoms with Gasteiger partial charge in [-0.05, 0) is 6.07 Å². The summed E-state index contributed by atoms with van der Waals surface area (Å²) in [4.78, 5) is 28.4. The summed E-state index contributed by atoms with van der Waals surface area (Å²) in [6, 6.07) is 6.36. The first-order valence-corrected chi connectivity index (χ1v) is 8.72. The molecule has 1 unspecified atom stereocenters. The number of carbonyl (C=O) groups excluding carboxylic acids is 2. The second-order valence-electron chi connectivity index (χ2n) is 6.50. The molecule has 1 aromatic rings. The van der Waals surface area contributed by atoms with Gasteiger partial charge in [-0.15, -0.1) is 0 Å². The molecule has 1 N–H and O–H groups in total. The molecule has 2 aliphatic rings. The Morgan fingerprint density at radius 2 is 2.00 bits per heavy atom. The Kier molecular flexibility index (Phi) is 5.99. The van der Waals surface area contributed by atoms with Gasteiger partial charge in [-0.1, -0.05) is 18.2 Å². The Balaban J connectivity index is 1.44. The number of hydrogen-bond acceptors (Lipinski definition) is 4. The third-order valence-corrected chi connectivity index (χ3v) is 4.79. The number of nitrogens with one attached hydrogen (secondary N) is 1. The smallest absolute Gasteiger partial charge is 0.225 e. The van der Waals surface area contributed by atoms with Gasteiger partial charge in [-0.3, -0.25) is 14.5 Å². The Hall–Kier alpha value is -1.99. The standard InChI is InChI=1S/C18H24FN3O3/c19-16-4-2-1-3-14(16)12-20-18(24)15-11-17(23)22(13-15)6-5-21-7-9-25-10-8-21/h1-4,15H,5-13H2,(H,20,24). The molecule has 0 spiro atoms. The summed E-state index contributed by atoms with van der Waals surface area (Å²) in [5.41, 5.74) is 0.448. The zero-order valence-electron chi connectivity index (χ0n) is 14.2. The molecule has 6 nitrogen and oxygen atoms in total. The van der Waals surface area contributed by atoms with Gasteiger partial charge in [0, 0.05) is 51.3 Å². The van der Waals surface area contributed by atoms with Crippen molar-refractivity contribution in [1.82, 2.24) is 15.1 Å². The molecule has 3 rings (SSSR count). The normalized spacial score (nSPS) is 21.6. The third kappa shape index (κ3) is 4.76. The van der Waals surface area contributed by atoms with Gasteiger partial charge in [0.2, 0.25) is 11.8 Å². The van der Waals surface area contributed by atoms with Crippen molar-refractivity contribution in [2.45, 2.75) is 13.0 Å². The summed E-state index contributed by atoms with van der Waals surface area (Å²) >= 11 is 0. The van der Waals surface area contributed by atoms with Crippen molar-refractivity contribution in [2.24, 2.45) is 5.92 Å². The minimum Gasteiger partial charge on any atom is -0.379 e. The lowest BCUT2D eigenvalue weighted by Crippen LogP contribution is -2.42. The third-order valence-electron chi connectivity index (χ3n) is 4.79. The number of halogens is 1. The van der Waals surface area contributed by atoms with E-state index < -0.39 is 0 Å². The van der Waals surface area contributed by atoms with Gasteiger partial charge in [-0.2, -0.15) is 0 Å². The van der Waals surface area contributed by atoms with Crippen LogP contribution in [0.4, 0.5) is 4.39 Å². The molecule has 25 heavy (non-hydrogen) atoms. The lowest BCUT2D eigenvalue weighted by atomic mass is 10.1. The molecule has 2 saturated heterocycles. The molecule has 1 atom stereocenters. The number of carbonyl (C=O) groups is 2. The number of ether oxygens (including phenoxy) is 1. The van der Waals surface area contributed by atoms with Crippen LogP contribution in [-0.2, 0) is 20.9 Å². The van der Waals surface area contributed by atoms with E-state index in [1.807, 2.05) is 0 Å². The van der Waals surface area contributed by atoms with Gasteiger partial charge in [0.1, 0.15) is 5.82 Å². The van der Waals surface area contributed by atoms with Crippen LogP contribution in [0.15, 0.2) is 24.3 Å². The fourth-order valence-electron chi connectivity index (χ4n) is 3.22. The van der Waals surface area contributed by atoms with Crippen LogP contribution in [0.3, 0.4) is 0 Å². The minimum absolute atomic E-state index is 0.0132. The summed E-state index contributed by atoms with van der Waals surface area (Å²) in [6.07, 6.45) is 0.228. The Morgan fingerprint density at radius 1 is 1.24 bits per heavy atom. The second-order valence-corrected chi connectivity index (χ2v) is 6.50. The highest BCUT2D eigenvalue weighted by atomic mass is 19.1. The molecule has 0 aliphatic carbocycles. The molecule has 1 aromatic carbocycles. The van der Waals surface area contributed by atoms with Crippen molar-refractivity contribution >= 4 is 11.8 Å². The molecule has 136 valence electrons. The average Bonchev–Trinajstić information content (AvgIpc) is 3.01.